The smallest absolute Gasteiger partial charge is 0.128 e. The van der Waals surface area contributed by atoms with Gasteiger partial charge in [0.25, 0.3) is 0 Å². The Kier molecular flexibility index (Phi) is 9.05. The van der Waals surface area contributed by atoms with Crippen molar-refractivity contribution in [3.8, 4) is 0 Å². The van der Waals surface area contributed by atoms with Crippen molar-refractivity contribution in [3.63, 3.8) is 0 Å². The summed E-state index contributed by atoms with van der Waals surface area (Å²) in [4.78, 5) is 0. The molecule has 0 fully saturated rings. The van der Waals surface area contributed by atoms with E-state index in [9.17, 15) is 20.4 Å². The molecule has 0 aliphatic carbocycles. The fourth-order valence-corrected chi connectivity index (χ4v) is 3.55. The molecule has 134 valence electrons. The van der Waals surface area contributed by atoms with Gasteiger partial charge in [-0.05, 0) is 27.7 Å². The lowest BCUT2D eigenvalue weighted by molar-refractivity contribution is -0.968. The van der Waals surface area contributed by atoms with Crippen LogP contribution in [-0.4, -0.2) is 107 Å². The van der Waals surface area contributed by atoms with Gasteiger partial charge in [0, 0.05) is 0 Å². The van der Waals surface area contributed by atoms with Crippen LogP contribution in [0.3, 0.4) is 0 Å². The molecule has 4 atom stereocenters. The molecule has 0 aromatic carbocycles. The minimum Gasteiger partial charge on any atom is -0.388 e. The molecule has 0 bridgehead atoms. The van der Waals surface area contributed by atoms with E-state index >= 15 is 0 Å². The van der Waals surface area contributed by atoms with Crippen LogP contribution in [0.1, 0.15) is 27.7 Å². The van der Waals surface area contributed by atoms with Gasteiger partial charge in [0.1, 0.15) is 63.7 Å². The van der Waals surface area contributed by atoms with Gasteiger partial charge in [-0.15, -0.1) is 0 Å². The average Bonchev–Trinajstić information content (AvgIpc) is 2.21. The molecule has 0 saturated carbocycles. The molecule has 4 unspecified atom stereocenters. The van der Waals surface area contributed by atoms with Gasteiger partial charge in [0.2, 0.25) is 0 Å². The summed E-state index contributed by atoms with van der Waals surface area (Å²) in [6.07, 6.45) is -1.74. The van der Waals surface area contributed by atoms with E-state index in [1.807, 2.05) is 14.1 Å². The van der Waals surface area contributed by atoms with Crippen LogP contribution in [0.4, 0.5) is 0 Å². The van der Waals surface area contributed by atoms with E-state index in [4.69, 9.17) is 0 Å². The first-order valence-corrected chi connectivity index (χ1v) is 8.27. The molecule has 0 aromatic heterocycles. The zero-order valence-electron chi connectivity index (χ0n) is 15.2. The summed E-state index contributed by atoms with van der Waals surface area (Å²) in [5, 5.41) is 39.0. The lowest BCUT2D eigenvalue weighted by Gasteiger charge is -2.42. The van der Waals surface area contributed by atoms with Crippen molar-refractivity contribution in [1.82, 2.24) is 0 Å². The number of nitrogens with zero attached hydrogens (tertiary/aromatic N) is 2. The fourth-order valence-electron chi connectivity index (χ4n) is 3.55. The third kappa shape index (κ3) is 9.71. The molecule has 0 spiro atoms. The van der Waals surface area contributed by atoms with Crippen LogP contribution in [0.15, 0.2) is 0 Å². The van der Waals surface area contributed by atoms with Crippen molar-refractivity contribution >= 4 is 0 Å². The number of hydrogen-bond acceptors (Lipinski definition) is 4. The Bertz CT molecular complexity index is 257. The minimum absolute atomic E-state index is 0.434. The number of quaternary nitrogens is 2. The van der Waals surface area contributed by atoms with E-state index in [1.165, 1.54) is 0 Å². The van der Waals surface area contributed by atoms with E-state index in [2.05, 4.69) is 0 Å². The Morgan fingerprint density at radius 3 is 0.864 bits per heavy atom. The summed E-state index contributed by atoms with van der Waals surface area (Å²) in [5.41, 5.74) is 0. The summed E-state index contributed by atoms with van der Waals surface area (Å²) in [6.45, 7) is 10.9. The van der Waals surface area contributed by atoms with Gasteiger partial charge in [-0.1, -0.05) is 0 Å². The van der Waals surface area contributed by atoms with Crippen LogP contribution >= 0.6 is 0 Å². The highest BCUT2D eigenvalue weighted by Gasteiger charge is 2.32. The highest BCUT2D eigenvalue weighted by Crippen LogP contribution is 2.12. The molecule has 0 aliphatic rings. The quantitative estimate of drug-likeness (QED) is 0.383. The molecule has 0 heterocycles. The normalized spacial score (nSPS) is 23.2. The third-order valence-corrected chi connectivity index (χ3v) is 4.00. The summed E-state index contributed by atoms with van der Waals surface area (Å²) >= 11 is 0. The van der Waals surface area contributed by atoms with Crippen LogP contribution in [-0.2, 0) is 0 Å². The second-order valence-electron chi connectivity index (χ2n) is 7.81. The monoisotopic (exact) mass is 322 g/mol. The maximum Gasteiger partial charge on any atom is 0.128 e. The van der Waals surface area contributed by atoms with Crippen LogP contribution in [0.5, 0.6) is 0 Å². The molecule has 0 radical (unpaired) electrons. The fraction of sp³-hybridized carbons (Fsp3) is 1.00. The number of aliphatic hydroxyl groups excluding tert-OH is 4. The molecule has 6 nitrogen and oxygen atoms in total. The molecule has 0 amide bonds. The number of aliphatic hydroxyl groups is 4. The molecular formula is C16H38N2O4+2. The molecule has 0 aromatic rings. The average molecular weight is 322 g/mol. The standard InChI is InChI=1S/C16H38N2O4/c1-13(19)9-17(5,10-14(2)20)7-8-18(6,11-15(3)21)12-16(4)22/h13-16,19-22H,7-12H2,1-6H3/q+2. The van der Waals surface area contributed by atoms with Crippen molar-refractivity contribution in [2.24, 2.45) is 0 Å². The molecule has 6 heteroatoms. The zero-order valence-corrected chi connectivity index (χ0v) is 15.2. The summed E-state index contributed by atoms with van der Waals surface area (Å²) < 4.78 is 1.14. The predicted octanol–water partition coefficient (Wildman–Crippen LogP) is -0.597. The molecule has 0 aliphatic heterocycles. The lowest BCUT2D eigenvalue weighted by Crippen LogP contribution is -2.60. The Balaban J connectivity index is 4.93. The molecule has 22 heavy (non-hydrogen) atoms. The van der Waals surface area contributed by atoms with Crippen molar-refractivity contribution < 1.29 is 29.4 Å². The Hall–Kier alpha value is -0.240. The van der Waals surface area contributed by atoms with E-state index in [1.54, 1.807) is 27.7 Å². The molecule has 0 saturated heterocycles. The van der Waals surface area contributed by atoms with Crippen molar-refractivity contribution in [3.05, 3.63) is 0 Å². The highest BCUT2D eigenvalue weighted by molar-refractivity contribution is 4.55. The van der Waals surface area contributed by atoms with Crippen LogP contribution in [0, 0.1) is 0 Å². The second-order valence-corrected chi connectivity index (χ2v) is 7.81. The lowest BCUT2D eigenvalue weighted by atomic mass is 10.2. The largest absolute Gasteiger partial charge is 0.388 e. The van der Waals surface area contributed by atoms with Gasteiger partial charge in [-0.25, -0.2) is 0 Å². The minimum atomic E-state index is -0.434. The third-order valence-electron chi connectivity index (χ3n) is 4.00. The van der Waals surface area contributed by atoms with Crippen LogP contribution in [0.2, 0.25) is 0 Å². The SMILES string of the molecule is CC(O)C[N+](C)(CC[N+](C)(CC(C)O)CC(C)O)CC(C)O. The maximum absolute atomic E-state index is 9.74. The van der Waals surface area contributed by atoms with Crippen molar-refractivity contribution in [2.75, 3.05) is 53.4 Å². The number of hydrogen-bond donors (Lipinski definition) is 4. The molecule has 0 rings (SSSR count). The first kappa shape index (κ1) is 21.8. The Morgan fingerprint density at radius 1 is 0.545 bits per heavy atom. The molecular weight excluding hydrogens is 284 g/mol. The van der Waals surface area contributed by atoms with Gasteiger partial charge in [-0.3, -0.25) is 0 Å². The summed E-state index contributed by atoms with van der Waals surface area (Å²) in [5.74, 6) is 0. The van der Waals surface area contributed by atoms with Crippen molar-refractivity contribution in [2.45, 2.75) is 52.1 Å². The molecule has 4 N–H and O–H groups in total. The topological polar surface area (TPSA) is 80.9 Å². The predicted molar refractivity (Wildman–Crippen MR) is 88.3 cm³/mol. The summed E-state index contributed by atoms with van der Waals surface area (Å²) in [6, 6.07) is 0. The van der Waals surface area contributed by atoms with Crippen molar-refractivity contribution in [1.29, 1.82) is 0 Å². The van der Waals surface area contributed by atoms with Gasteiger partial charge in [-0.2, -0.15) is 0 Å². The van der Waals surface area contributed by atoms with E-state index in [0.717, 1.165) is 13.1 Å². The Labute approximate surface area is 135 Å². The van der Waals surface area contributed by atoms with Gasteiger partial charge < -0.3 is 29.4 Å². The summed E-state index contributed by atoms with van der Waals surface area (Å²) in [7, 11) is 4.07. The first-order valence-electron chi connectivity index (χ1n) is 8.27. The van der Waals surface area contributed by atoms with E-state index < -0.39 is 24.4 Å². The van der Waals surface area contributed by atoms with Gasteiger partial charge in [0.15, 0.2) is 0 Å². The van der Waals surface area contributed by atoms with Gasteiger partial charge in [0.05, 0.1) is 14.1 Å². The maximum atomic E-state index is 9.74. The highest BCUT2D eigenvalue weighted by atomic mass is 16.3. The second kappa shape index (κ2) is 9.15. The number of likely N-dealkylation sites (N-methyl/N-ethyl adjacent to an activating group) is 2. The van der Waals surface area contributed by atoms with E-state index in [0.29, 0.717) is 35.1 Å². The van der Waals surface area contributed by atoms with Gasteiger partial charge >= 0.3 is 0 Å². The zero-order chi connectivity index (χ0) is 17.6. The van der Waals surface area contributed by atoms with Crippen LogP contribution < -0.4 is 0 Å². The Morgan fingerprint density at radius 2 is 0.727 bits per heavy atom. The number of rotatable bonds is 11. The van der Waals surface area contributed by atoms with Crippen LogP contribution in [0.25, 0.3) is 0 Å². The van der Waals surface area contributed by atoms with E-state index in [-0.39, 0.29) is 0 Å². The first-order chi connectivity index (χ1) is 9.87.